The number of benzene rings is 3. The molecular weight excluding hydrogens is 366 g/mol. The van der Waals surface area contributed by atoms with E-state index in [1.54, 1.807) is 11.3 Å². The summed E-state index contributed by atoms with van der Waals surface area (Å²) in [5.74, 6) is 0.0941. The van der Waals surface area contributed by atoms with Crippen LogP contribution in [0.3, 0.4) is 0 Å². The molecular formula is C23H24N3OS+. The Balaban J connectivity index is 1.66. The summed E-state index contributed by atoms with van der Waals surface area (Å²) in [7, 11) is 4.21. The summed E-state index contributed by atoms with van der Waals surface area (Å²) >= 11 is 1.58. The number of hydrogen-bond donors (Lipinski definition) is 1. The summed E-state index contributed by atoms with van der Waals surface area (Å²) in [6.45, 7) is 1.53. The lowest BCUT2D eigenvalue weighted by Crippen LogP contribution is -3.06. The van der Waals surface area contributed by atoms with Crippen molar-refractivity contribution in [2.45, 2.75) is 6.42 Å². The highest BCUT2D eigenvalue weighted by atomic mass is 32.1. The van der Waals surface area contributed by atoms with Gasteiger partial charge in [-0.1, -0.05) is 65.9 Å². The average Bonchev–Trinajstić information content (AvgIpc) is 3.12. The molecule has 0 aliphatic carbocycles. The van der Waals surface area contributed by atoms with Crippen molar-refractivity contribution in [3.05, 3.63) is 72.3 Å². The van der Waals surface area contributed by atoms with Crippen molar-refractivity contribution in [1.29, 1.82) is 0 Å². The van der Waals surface area contributed by atoms with E-state index in [9.17, 15) is 4.79 Å². The number of rotatable bonds is 6. The van der Waals surface area contributed by atoms with Crippen molar-refractivity contribution in [3.63, 3.8) is 0 Å². The minimum Gasteiger partial charge on any atom is -0.338 e. The summed E-state index contributed by atoms with van der Waals surface area (Å²) < 4.78 is 1.11. The maximum Gasteiger partial charge on any atom is 0.233 e. The van der Waals surface area contributed by atoms with Gasteiger partial charge >= 0.3 is 0 Å². The first-order valence-electron chi connectivity index (χ1n) is 9.53. The Labute approximate surface area is 169 Å². The molecule has 0 spiro atoms. The Kier molecular flexibility index (Phi) is 5.37. The molecule has 5 heteroatoms. The number of carbonyl (C=O) groups is 1. The van der Waals surface area contributed by atoms with Crippen LogP contribution in [-0.2, 0) is 11.2 Å². The highest BCUT2D eigenvalue weighted by Gasteiger charge is 2.21. The number of nitrogens with zero attached hydrogens (tertiary/aromatic N) is 2. The quantitative estimate of drug-likeness (QED) is 0.549. The van der Waals surface area contributed by atoms with E-state index in [0.717, 1.165) is 38.2 Å². The van der Waals surface area contributed by atoms with E-state index in [-0.39, 0.29) is 5.91 Å². The molecule has 1 aromatic heterocycles. The average molecular weight is 391 g/mol. The van der Waals surface area contributed by atoms with Crippen LogP contribution < -0.4 is 9.80 Å². The van der Waals surface area contributed by atoms with Crippen LogP contribution in [0.5, 0.6) is 0 Å². The van der Waals surface area contributed by atoms with Gasteiger partial charge in [-0.05, 0) is 28.5 Å². The number of thiazole rings is 1. The number of quaternary nitrogens is 1. The first-order valence-corrected chi connectivity index (χ1v) is 10.3. The zero-order chi connectivity index (χ0) is 19.5. The highest BCUT2D eigenvalue weighted by Crippen LogP contribution is 2.29. The molecule has 0 aliphatic rings. The van der Waals surface area contributed by atoms with E-state index in [1.165, 1.54) is 4.90 Å². The van der Waals surface area contributed by atoms with E-state index in [2.05, 4.69) is 38.4 Å². The van der Waals surface area contributed by atoms with Gasteiger partial charge in [-0.25, -0.2) is 4.98 Å². The Morgan fingerprint density at radius 1 is 1.00 bits per heavy atom. The smallest absolute Gasteiger partial charge is 0.233 e. The zero-order valence-corrected chi connectivity index (χ0v) is 17.0. The Morgan fingerprint density at radius 3 is 2.57 bits per heavy atom. The predicted molar refractivity (Wildman–Crippen MR) is 117 cm³/mol. The van der Waals surface area contributed by atoms with E-state index < -0.39 is 0 Å². The van der Waals surface area contributed by atoms with Gasteiger partial charge in [0.1, 0.15) is 0 Å². The van der Waals surface area contributed by atoms with Crippen LogP contribution in [0.15, 0.2) is 66.7 Å². The van der Waals surface area contributed by atoms with Crippen LogP contribution in [0.4, 0.5) is 5.13 Å². The Hall–Kier alpha value is -2.76. The minimum atomic E-state index is 0.0941. The molecule has 1 heterocycles. The fraction of sp³-hybridized carbons (Fsp3) is 0.217. The van der Waals surface area contributed by atoms with Gasteiger partial charge in [0.2, 0.25) is 5.91 Å². The van der Waals surface area contributed by atoms with Gasteiger partial charge in [0.25, 0.3) is 0 Å². The number of hydrogen-bond acceptors (Lipinski definition) is 3. The van der Waals surface area contributed by atoms with Crippen LogP contribution in [0, 0.1) is 0 Å². The van der Waals surface area contributed by atoms with Gasteiger partial charge in [0.15, 0.2) is 5.13 Å². The van der Waals surface area contributed by atoms with Gasteiger partial charge in [0, 0.05) is 0 Å². The van der Waals surface area contributed by atoms with Crippen molar-refractivity contribution >= 4 is 43.4 Å². The van der Waals surface area contributed by atoms with Crippen molar-refractivity contribution in [2.75, 3.05) is 32.1 Å². The Morgan fingerprint density at radius 2 is 1.75 bits per heavy atom. The summed E-state index contributed by atoms with van der Waals surface area (Å²) in [4.78, 5) is 21.2. The second-order valence-electron chi connectivity index (χ2n) is 7.28. The fourth-order valence-electron chi connectivity index (χ4n) is 3.34. The van der Waals surface area contributed by atoms with Gasteiger partial charge in [0.05, 0.1) is 43.8 Å². The molecule has 0 bridgehead atoms. The van der Waals surface area contributed by atoms with Crippen LogP contribution in [0.2, 0.25) is 0 Å². The number of amides is 1. The molecule has 0 atom stereocenters. The summed E-state index contributed by atoms with van der Waals surface area (Å²) in [5.41, 5.74) is 2.01. The topological polar surface area (TPSA) is 37.6 Å². The third kappa shape index (κ3) is 3.91. The van der Waals surface area contributed by atoms with Crippen LogP contribution in [-0.4, -0.2) is 38.1 Å². The molecule has 4 nitrogen and oxygen atoms in total. The highest BCUT2D eigenvalue weighted by molar-refractivity contribution is 7.22. The second-order valence-corrected chi connectivity index (χ2v) is 8.29. The van der Waals surface area contributed by atoms with Gasteiger partial charge < -0.3 is 4.90 Å². The second kappa shape index (κ2) is 8.09. The maximum absolute atomic E-state index is 13.3. The monoisotopic (exact) mass is 390 g/mol. The normalized spacial score (nSPS) is 11.4. The van der Waals surface area contributed by atoms with E-state index in [0.29, 0.717) is 13.0 Å². The van der Waals surface area contributed by atoms with Crippen molar-refractivity contribution in [3.8, 4) is 0 Å². The van der Waals surface area contributed by atoms with Gasteiger partial charge in [-0.15, -0.1) is 0 Å². The molecule has 0 saturated carbocycles. The van der Waals surface area contributed by atoms with E-state index in [4.69, 9.17) is 4.98 Å². The number of aromatic nitrogens is 1. The Bertz CT molecular complexity index is 1080. The third-order valence-electron chi connectivity index (χ3n) is 4.87. The first-order chi connectivity index (χ1) is 13.6. The summed E-state index contributed by atoms with van der Waals surface area (Å²) in [6, 6.07) is 22.4. The van der Waals surface area contributed by atoms with Crippen LogP contribution >= 0.6 is 11.3 Å². The fourth-order valence-corrected chi connectivity index (χ4v) is 4.35. The molecule has 4 rings (SSSR count). The molecule has 1 amide bonds. The number of fused-ring (bicyclic) bond motifs is 2. The zero-order valence-electron chi connectivity index (χ0n) is 16.2. The summed E-state index contributed by atoms with van der Waals surface area (Å²) in [5, 5.41) is 3.09. The first kappa shape index (κ1) is 18.6. The van der Waals surface area contributed by atoms with Crippen LogP contribution in [0.1, 0.15) is 5.56 Å². The number of carbonyl (C=O) groups excluding carboxylic acids is 1. The predicted octanol–water partition coefficient (Wildman–Crippen LogP) is 3.17. The van der Waals surface area contributed by atoms with Crippen LogP contribution in [0.25, 0.3) is 21.0 Å². The summed E-state index contributed by atoms with van der Waals surface area (Å²) in [6.07, 6.45) is 0.375. The number of anilines is 1. The molecule has 142 valence electrons. The molecule has 0 fully saturated rings. The maximum atomic E-state index is 13.3. The largest absolute Gasteiger partial charge is 0.338 e. The molecule has 0 aliphatic heterocycles. The lowest BCUT2D eigenvalue weighted by Gasteiger charge is -2.21. The lowest BCUT2D eigenvalue weighted by molar-refractivity contribution is -0.856. The molecule has 0 unspecified atom stereocenters. The van der Waals surface area contributed by atoms with E-state index in [1.807, 2.05) is 47.4 Å². The van der Waals surface area contributed by atoms with Gasteiger partial charge in [-0.2, -0.15) is 0 Å². The molecule has 0 saturated heterocycles. The number of nitrogens with one attached hydrogen (secondary N) is 1. The SMILES string of the molecule is C[NH+](C)CCN(C(=O)Cc1cccc2ccccc12)c1nc2ccccc2s1. The van der Waals surface area contributed by atoms with Crippen molar-refractivity contribution in [1.82, 2.24) is 4.98 Å². The van der Waals surface area contributed by atoms with Gasteiger partial charge in [-0.3, -0.25) is 9.69 Å². The van der Waals surface area contributed by atoms with Crippen molar-refractivity contribution in [2.24, 2.45) is 0 Å². The number of para-hydroxylation sites is 1. The molecule has 1 N–H and O–H groups in total. The standard InChI is InChI=1S/C23H23N3OS/c1-25(2)14-15-26(23-24-20-12-5-6-13-21(20)28-23)22(27)16-18-10-7-9-17-8-3-4-11-19(17)18/h3-13H,14-16H2,1-2H3/p+1. The number of likely N-dealkylation sites (N-methyl/N-ethyl adjacent to an activating group) is 1. The van der Waals surface area contributed by atoms with Crippen molar-refractivity contribution < 1.29 is 9.69 Å². The minimum absolute atomic E-state index is 0.0941. The third-order valence-corrected chi connectivity index (χ3v) is 5.93. The van der Waals surface area contributed by atoms with E-state index >= 15 is 0 Å². The lowest BCUT2D eigenvalue weighted by atomic mass is 10.0. The molecule has 3 aromatic carbocycles. The molecule has 0 radical (unpaired) electrons. The molecule has 4 aromatic rings. The molecule has 28 heavy (non-hydrogen) atoms.